The second kappa shape index (κ2) is 7.97. The number of nitriles is 1. The van der Waals surface area contributed by atoms with E-state index in [1.807, 2.05) is 0 Å². The molecule has 1 aliphatic heterocycles. The van der Waals surface area contributed by atoms with Gasteiger partial charge in [-0.05, 0) is 54.6 Å². The van der Waals surface area contributed by atoms with Crippen molar-refractivity contribution < 1.29 is 35.1 Å². The summed E-state index contributed by atoms with van der Waals surface area (Å²) in [5, 5.41) is 8.85. The molecule has 176 valence electrons. The van der Waals surface area contributed by atoms with E-state index >= 15 is 0 Å². The van der Waals surface area contributed by atoms with Crippen molar-refractivity contribution in [3.05, 3.63) is 70.0 Å². The molecular weight excluding hydrogens is 456 g/mol. The number of aryl methyl sites for hydroxylation is 1. The number of hydrogen-bond acceptors (Lipinski definition) is 2. The minimum Gasteiger partial charge on any atom is -0.295 e. The Labute approximate surface area is 184 Å². The Hall–Kier alpha value is -2.67. The lowest BCUT2D eigenvalue weighted by Gasteiger charge is -2.35. The number of nitrogens with zero attached hydrogens (tertiary/aromatic N) is 2. The summed E-state index contributed by atoms with van der Waals surface area (Å²) in [6, 6.07) is 8.50. The molecule has 0 saturated carbocycles. The smallest absolute Gasteiger partial charge is 0.295 e. The first-order chi connectivity index (χ1) is 15.4. The monoisotopic (exact) mass is 474 g/mol. The fourth-order valence-corrected chi connectivity index (χ4v) is 5.03. The first-order valence-corrected chi connectivity index (χ1v) is 10.2. The van der Waals surface area contributed by atoms with Crippen molar-refractivity contribution in [1.29, 1.82) is 5.26 Å². The number of halogens is 8. The summed E-state index contributed by atoms with van der Waals surface area (Å²) < 4.78 is 107. The van der Waals surface area contributed by atoms with Gasteiger partial charge in [0.1, 0.15) is 11.9 Å². The molecule has 1 heterocycles. The summed E-state index contributed by atoms with van der Waals surface area (Å²) in [5.74, 6) is -0.756. The van der Waals surface area contributed by atoms with Crippen LogP contribution in [0.3, 0.4) is 0 Å². The summed E-state index contributed by atoms with van der Waals surface area (Å²) in [4.78, 5) is 2.09. The molecule has 2 aromatic rings. The zero-order chi connectivity index (χ0) is 24.2. The van der Waals surface area contributed by atoms with E-state index in [4.69, 9.17) is 5.26 Å². The first-order valence-electron chi connectivity index (χ1n) is 10.2. The third-order valence-corrected chi connectivity index (χ3v) is 6.63. The largest absolute Gasteiger partial charge is 0.435 e. The summed E-state index contributed by atoms with van der Waals surface area (Å²) in [5.41, 5.74) is -5.39. The van der Waals surface area contributed by atoms with Gasteiger partial charge in [0.25, 0.3) is 0 Å². The molecule has 0 aromatic heterocycles. The lowest BCUT2D eigenvalue weighted by Crippen LogP contribution is -2.50. The molecule has 2 unspecified atom stereocenters. The van der Waals surface area contributed by atoms with Crippen molar-refractivity contribution in [3.63, 3.8) is 0 Å². The van der Waals surface area contributed by atoms with E-state index < -0.39 is 29.4 Å². The maximum atomic E-state index is 14.5. The second-order valence-corrected chi connectivity index (χ2v) is 8.47. The van der Waals surface area contributed by atoms with Crippen molar-refractivity contribution in [1.82, 2.24) is 4.90 Å². The number of benzene rings is 2. The average Bonchev–Trinajstić information content (AvgIpc) is 3.14. The number of alkyl halides is 7. The Morgan fingerprint density at radius 3 is 2.24 bits per heavy atom. The van der Waals surface area contributed by atoms with E-state index in [9.17, 15) is 35.1 Å². The topological polar surface area (TPSA) is 27.0 Å². The molecule has 1 fully saturated rings. The van der Waals surface area contributed by atoms with Gasteiger partial charge in [-0.2, -0.15) is 31.6 Å². The molecule has 0 spiro atoms. The van der Waals surface area contributed by atoms with Gasteiger partial charge < -0.3 is 0 Å². The predicted molar refractivity (Wildman–Crippen MR) is 102 cm³/mol. The first kappa shape index (κ1) is 23.5. The molecule has 4 rings (SSSR count). The molecule has 0 amide bonds. The summed E-state index contributed by atoms with van der Waals surface area (Å²) in [7, 11) is 0. The lowest BCUT2D eigenvalue weighted by molar-refractivity contribution is -0.348. The normalized spacial score (nSPS) is 21.4. The van der Waals surface area contributed by atoms with Crippen LogP contribution in [0, 0.1) is 17.1 Å². The molecule has 33 heavy (non-hydrogen) atoms. The molecule has 2 atom stereocenters. The van der Waals surface area contributed by atoms with Crippen LogP contribution >= 0.6 is 0 Å². The van der Waals surface area contributed by atoms with Crippen molar-refractivity contribution >= 4 is 0 Å². The molecule has 2 aliphatic rings. The molecule has 2 aromatic carbocycles. The highest BCUT2D eigenvalue weighted by atomic mass is 19.4. The fraction of sp³-hybridized carbons (Fsp3) is 0.435. The van der Waals surface area contributed by atoms with Gasteiger partial charge in [-0.3, -0.25) is 4.90 Å². The van der Waals surface area contributed by atoms with Crippen LogP contribution in [0.5, 0.6) is 0 Å². The Bertz CT molecular complexity index is 1090. The highest BCUT2D eigenvalue weighted by Crippen LogP contribution is 2.54. The number of hydrogen-bond donors (Lipinski definition) is 0. The highest BCUT2D eigenvalue weighted by molar-refractivity contribution is 5.42. The Morgan fingerprint density at radius 1 is 0.939 bits per heavy atom. The summed E-state index contributed by atoms with van der Waals surface area (Å²) >= 11 is 0. The van der Waals surface area contributed by atoms with E-state index in [2.05, 4.69) is 4.90 Å². The average molecular weight is 474 g/mol. The zero-order valence-corrected chi connectivity index (χ0v) is 17.1. The van der Waals surface area contributed by atoms with Crippen molar-refractivity contribution in [2.75, 3.05) is 6.54 Å². The quantitative estimate of drug-likeness (QED) is 0.489. The molecule has 0 N–H and O–H groups in total. The van der Waals surface area contributed by atoms with Gasteiger partial charge in [-0.15, -0.1) is 0 Å². The predicted octanol–water partition coefficient (Wildman–Crippen LogP) is 6.29. The fourth-order valence-electron chi connectivity index (χ4n) is 5.03. The Morgan fingerprint density at radius 2 is 1.64 bits per heavy atom. The van der Waals surface area contributed by atoms with Gasteiger partial charge in [0.15, 0.2) is 0 Å². The van der Waals surface area contributed by atoms with Crippen LogP contribution in [0.4, 0.5) is 35.1 Å². The second-order valence-electron chi connectivity index (χ2n) is 8.47. The van der Waals surface area contributed by atoms with Crippen LogP contribution in [-0.4, -0.2) is 29.8 Å². The maximum Gasteiger partial charge on any atom is 0.435 e. The number of likely N-dealkylation sites (tertiary alicyclic amines) is 1. The van der Waals surface area contributed by atoms with Crippen LogP contribution in [0.25, 0.3) is 0 Å². The molecule has 1 aliphatic carbocycles. The minimum atomic E-state index is -6.14. The molecule has 0 bridgehead atoms. The number of fused-ring (bicyclic) bond motifs is 3. The SMILES string of the molecule is N#Cc1ccc(CN2CCC3c4ccc(C(F)(C(F)(F)F)C(F)(F)F)cc4CCC32)cc1F. The molecule has 10 heteroatoms. The highest BCUT2D eigenvalue weighted by Gasteiger charge is 2.73. The van der Waals surface area contributed by atoms with Gasteiger partial charge in [0.05, 0.1) is 5.56 Å². The van der Waals surface area contributed by atoms with E-state index in [-0.39, 0.29) is 29.5 Å². The molecular formula is C23H18F8N2. The zero-order valence-electron chi connectivity index (χ0n) is 17.1. The van der Waals surface area contributed by atoms with Crippen LogP contribution in [0.15, 0.2) is 36.4 Å². The van der Waals surface area contributed by atoms with Crippen LogP contribution in [0.2, 0.25) is 0 Å². The van der Waals surface area contributed by atoms with Gasteiger partial charge in [0.2, 0.25) is 0 Å². The van der Waals surface area contributed by atoms with E-state index in [1.54, 1.807) is 12.1 Å². The third-order valence-electron chi connectivity index (χ3n) is 6.63. The van der Waals surface area contributed by atoms with Crippen molar-refractivity contribution in [2.45, 2.75) is 55.8 Å². The molecule has 2 nitrogen and oxygen atoms in total. The Kier molecular flexibility index (Phi) is 5.68. The van der Waals surface area contributed by atoms with Crippen LogP contribution < -0.4 is 0 Å². The van der Waals surface area contributed by atoms with Crippen LogP contribution in [0.1, 0.15) is 46.6 Å². The molecule has 0 radical (unpaired) electrons. The van der Waals surface area contributed by atoms with Gasteiger partial charge in [-0.1, -0.05) is 24.3 Å². The van der Waals surface area contributed by atoms with Gasteiger partial charge in [-0.25, -0.2) is 8.78 Å². The van der Waals surface area contributed by atoms with Crippen molar-refractivity contribution in [3.8, 4) is 6.07 Å². The minimum absolute atomic E-state index is 0.0255. The third kappa shape index (κ3) is 3.86. The van der Waals surface area contributed by atoms with Crippen LogP contribution in [-0.2, 0) is 18.6 Å². The van der Waals surface area contributed by atoms with E-state index in [1.165, 1.54) is 18.2 Å². The van der Waals surface area contributed by atoms with Crippen molar-refractivity contribution in [2.24, 2.45) is 0 Å². The Balaban J connectivity index is 1.59. The number of rotatable bonds is 3. The maximum absolute atomic E-state index is 14.5. The van der Waals surface area contributed by atoms with E-state index in [0.717, 1.165) is 0 Å². The van der Waals surface area contributed by atoms with E-state index in [0.29, 0.717) is 49.2 Å². The van der Waals surface area contributed by atoms with Gasteiger partial charge >= 0.3 is 18.0 Å². The lowest BCUT2D eigenvalue weighted by atomic mass is 9.77. The van der Waals surface area contributed by atoms with Gasteiger partial charge in [0, 0.05) is 24.1 Å². The standard InChI is InChI=1S/C23H18F8N2/c24-19-9-13(1-2-15(19)11-32)12-33-8-7-18-17-5-4-16(10-14(17)3-6-20(18)33)21(25,22(26,27)28)23(29,30)31/h1-2,4-5,9-10,18,20H,3,6-8,12H2. The molecule has 1 saturated heterocycles. The summed E-state index contributed by atoms with van der Waals surface area (Å²) in [6.07, 6.45) is -11.0. The summed E-state index contributed by atoms with van der Waals surface area (Å²) in [6.45, 7) is 1.00.